The standard InChI is InChI=1S/C16H24N2O/c1-13-7-6-9-17-16(13)12-18-10-5-3-4-8-15(18)11-14(2)19/h6-7,9,15H,3-5,8,10-12H2,1-2H3. The molecule has 1 atom stereocenters. The average molecular weight is 260 g/mol. The smallest absolute Gasteiger partial charge is 0.131 e. The maximum absolute atomic E-state index is 11.4. The average Bonchev–Trinajstić information content (AvgIpc) is 2.58. The lowest BCUT2D eigenvalue weighted by Crippen LogP contribution is -2.36. The molecule has 1 fully saturated rings. The highest BCUT2D eigenvalue weighted by Gasteiger charge is 2.23. The van der Waals surface area contributed by atoms with E-state index in [0.717, 1.165) is 25.2 Å². The van der Waals surface area contributed by atoms with Crippen LogP contribution in [0.15, 0.2) is 18.3 Å². The molecule has 0 aliphatic carbocycles. The second-order valence-corrected chi connectivity index (χ2v) is 5.65. The Morgan fingerprint density at radius 1 is 1.42 bits per heavy atom. The van der Waals surface area contributed by atoms with Crippen molar-refractivity contribution in [3.63, 3.8) is 0 Å². The Morgan fingerprint density at radius 3 is 3.00 bits per heavy atom. The van der Waals surface area contributed by atoms with E-state index >= 15 is 0 Å². The maximum Gasteiger partial charge on any atom is 0.131 e. The number of aromatic nitrogens is 1. The van der Waals surface area contributed by atoms with Crippen molar-refractivity contribution >= 4 is 5.78 Å². The Hall–Kier alpha value is -1.22. The van der Waals surface area contributed by atoms with Crippen LogP contribution in [0.25, 0.3) is 0 Å². The van der Waals surface area contributed by atoms with Crippen LogP contribution in [0.5, 0.6) is 0 Å². The Kier molecular flexibility index (Phi) is 5.08. The summed E-state index contributed by atoms with van der Waals surface area (Å²) in [5, 5.41) is 0. The highest BCUT2D eigenvalue weighted by atomic mass is 16.1. The van der Waals surface area contributed by atoms with Crippen molar-refractivity contribution in [2.24, 2.45) is 0 Å². The molecule has 2 heterocycles. The topological polar surface area (TPSA) is 33.2 Å². The van der Waals surface area contributed by atoms with E-state index in [4.69, 9.17) is 0 Å². The largest absolute Gasteiger partial charge is 0.300 e. The fourth-order valence-corrected chi connectivity index (χ4v) is 2.88. The van der Waals surface area contributed by atoms with Gasteiger partial charge in [-0.3, -0.25) is 14.7 Å². The summed E-state index contributed by atoms with van der Waals surface area (Å²) in [7, 11) is 0. The van der Waals surface area contributed by atoms with E-state index < -0.39 is 0 Å². The zero-order chi connectivity index (χ0) is 13.7. The number of likely N-dealkylation sites (tertiary alicyclic amines) is 1. The molecule has 1 aliphatic heterocycles. The number of hydrogen-bond acceptors (Lipinski definition) is 3. The minimum atomic E-state index is 0.301. The molecule has 0 N–H and O–H groups in total. The van der Waals surface area contributed by atoms with Crippen molar-refractivity contribution in [3.05, 3.63) is 29.6 Å². The third kappa shape index (κ3) is 4.13. The van der Waals surface area contributed by atoms with E-state index in [1.807, 2.05) is 12.3 Å². The van der Waals surface area contributed by atoms with E-state index in [2.05, 4.69) is 22.9 Å². The van der Waals surface area contributed by atoms with Crippen LogP contribution in [-0.2, 0) is 11.3 Å². The number of rotatable bonds is 4. The van der Waals surface area contributed by atoms with Crippen LogP contribution in [0.3, 0.4) is 0 Å². The predicted molar refractivity (Wildman–Crippen MR) is 76.9 cm³/mol. The summed E-state index contributed by atoms with van der Waals surface area (Å²) < 4.78 is 0. The number of nitrogens with zero attached hydrogens (tertiary/aromatic N) is 2. The van der Waals surface area contributed by atoms with Gasteiger partial charge in [-0.25, -0.2) is 0 Å². The molecule has 2 rings (SSSR count). The van der Waals surface area contributed by atoms with Gasteiger partial charge in [0.05, 0.1) is 5.69 Å². The van der Waals surface area contributed by atoms with Gasteiger partial charge in [0.25, 0.3) is 0 Å². The molecular weight excluding hydrogens is 236 g/mol. The zero-order valence-electron chi connectivity index (χ0n) is 12.1. The third-order valence-corrected chi connectivity index (χ3v) is 3.99. The lowest BCUT2D eigenvalue weighted by atomic mass is 10.0. The van der Waals surface area contributed by atoms with Gasteiger partial charge in [0.1, 0.15) is 5.78 Å². The quantitative estimate of drug-likeness (QED) is 0.834. The first-order valence-corrected chi connectivity index (χ1v) is 7.31. The second kappa shape index (κ2) is 6.80. The van der Waals surface area contributed by atoms with Crippen LogP contribution in [0, 0.1) is 6.92 Å². The summed E-state index contributed by atoms with van der Waals surface area (Å²) >= 11 is 0. The Bertz CT molecular complexity index is 431. The van der Waals surface area contributed by atoms with Crippen molar-refractivity contribution in [2.45, 2.75) is 58.5 Å². The van der Waals surface area contributed by atoms with Crippen LogP contribution in [0.1, 0.15) is 50.3 Å². The minimum absolute atomic E-state index is 0.301. The molecule has 1 aliphatic rings. The van der Waals surface area contributed by atoms with E-state index in [9.17, 15) is 4.79 Å². The molecule has 1 saturated heterocycles. The molecule has 1 aromatic heterocycles. The van der Waals surface area contributed by atoms with Crippen LogP contribution < -0.4 is 0 Å². The number of hydrogen-bond donors (Lipinski definition) is 0. The van der Waals surface area contributed by atoms with Gasteiger partial charge in [-0.05, 0) is 44.9 Å². The van der Waals surface area contributed by atoms with Crippen LogP contribution in [0.2, 0.25) is 0 Å². The molecule has 0 spiro atoms. The zero-order valence-corrected chi connectivity index (χ0v) is 12.1. The summed E-state index contributed by atoms with van der Waals surface area (Å²) in [6.45, 7) is 5.79. The summed E-state index contributed by atoms with van der Waals surface area (Å²) in [6, 6.07) is 4.50. The molecule has 19 heavy (non-hydrogen) atoms. The van der Waals surface area contributed by atoms with Crippen molar-refractivity contribution in [3.8, 4) is 0 Å². The Labute approximate surface area is 116 Å². The Balaban J connectivity index is 2.09. The van der Waals surface area contributed by atoms with Gasteiger partial charge in [-0.2, -0.15) is 0 Å². The monoisotopic (exact) mass is 260 g/mol. The molecule has 1 unspecified atom stereocenters. The molecule has 1 aromatic rings. The van der Waals surface area contributed by atoms with Gasteiger partial charge in [0.2, 0.25) is 0 Å². The van der Waals surface area contributed by atoms with Gasteiger partial charge < -0.3 is 0 Å². The fourth-order valence-electron chi connectivity index (χ4n) is 2.88. The minimum Gasteiger partial charge on any atom is -0.300 e. The van der Waals surface area contributed by atoms with Gasteiger partial charge >= 0.3 is 0 Å². The molecule has 0 amide bonds. The van der Waals surface area contributed by atoms with Gasteiger partial charge in [0.15, 0.2) is 0 Å². The second-order valence-electron chi connectivity index (χ2n) is 5.65. The first-order chi connectivity index (χ1) is 9.16. The highest BCUT2D eigenvalue weighted by molar-refractivity contribution is 5.76. The summed E-state index contributed by atoms with van der Waals surface area (Å²) in [6.07, 6.45) is 7.46. The predicted octanol–water partition coefficient (Wildman–Crippen LogP) is 3.11. The summed E-state index contributed by atoms with van der Waals surface area (Å²) in [4.78, 5) is 18.4. The SMILES string of the molecule is CC(=O)CC1CCCCCN1Cc1ncccc1C. The van der Waals surface area contributed by atoms with Crippen molar-refractivity contribution in [1.29, 1.82) is 0 Å². The van der Waals surface area contributed by atoms with E-state index in [0.29, 0.717) is 18.2 Å². The van der Waals surface area contributed by atoms with Gasteiger partial charge in [-0.15, -0.1) is 0 Å². The molecule has 104 valence electrons. The number of pyridine rings is 1. The first kappa shape index (κ1) is 14.2. The molecule has 0 saturated carbocycles. The van der Waals surface area contributed by atoms with Gasteiger partial charge in [-0.1, -0.05) is 18.9 Å². The number of carbonyl (C=O) groups excluding carboxylic acids is 1. The lowest BCUT2D eigenvalue weighted by Gasteiger charge is -2.29. The van der Waals surface area contributed by atoms with Crippen LogP contribution >= 0.6 is 0 Å². The van der Waals surface area contributed by atoms with E-state index in [1.165, 1.54) is 24.8 Å². The van der Waals surface area contributed by atoms with Crippen LogP contribution in [-0.4, -0.2) is 28.3 Å². The normalized spacial score (nSPS) is 21.1. The van der Waals surface area contributed by atoms with E-state index in [-0.39, 0.29) is 0 Å². The molecule has 0 bridgehead atoms. The van der Waals surface area contributed by atoms with Crippen molar-refractivity contribution in [2.75, 3.05) is 6.54 Å². The van der Waals surface area contributed by atoms with Crippen molar-refractivity contribution in [1.82, 2.24) is 9.88 Å². The first-order valence-electron chi connectivity index (χ1n) is 7.31. The van der Waals surface area contributed by atoms with Crippen molar-refractivity contribution < 1.29 is 4.79 Å². The summed E-state index contributed by atoms with van der Waals surface area (Å²) in [5.74, 6) is 0.301. The number of aryl methyl sites for hydroxylation is 1. The molecule has 3 heteroatoms. The number of carbonyl (C=O) groups is 1. The molecule has 0 radical (unpaired) electrons. The highest BCUT2D eigenvalue weighted by Crippen LogP contribution is 2.22. The molecular formula is C16H24N2O. The molecule has 0 aromatic carbocycles. The molecule has 3 nitrogen and oxygen atoms in total. The lowest BCUT2D eigenvalue weighted by molar-refractivity contribution is -0.118. The third-order valence-electron chi connectivity index (χ3n) is 3.99. The number of Topliss-reactive ketones (excluding diaryl/α,β-unsaturated/α-hetero) is 1. The summed E-state index contributed by atoms with van der Waals surface area (Å²) in [5.41, 5.74) is 2.39. The van der Waals surface area contributed by atoms with Crippen LogP contribution in [0.4, 0.5) is 0 Å². The van der Waals surface area contributed by atoms with Gasteiger partial charge in [0, 0.05) is 25.2 Å². The maximum atomic E-state index is 11.4. The number of ketones is 1. The fraction of sp³-hybridized carbons (Fsp3) is 0.625. The van der Waals surface area contributed by atoms with E-state index in [1.54, 1.807) is 6.92 Å². The Morgan fingerprint density at radius 2 is 2.26 bits per heavy atom.